The molecule has 5 rings (SSSR count). The van der Waals surface area contributed by atoms with Gasteiger partial charge in [-0.15, -0.1) is 0 Å². The molecule has 1 fully saturated rings. The van der Waals surface area contributed by atoms with Crippen molar-refractivity contribution in [2.45, 2.75) is 0 Å². The number of pyridine rings is 1. The topological polar surface area (TPSA) is 94.7 Å². The molecule has 8 heteroatoms. The number of nitrogens with zero attached hydrogens (tertiary/aromatic N) is 5. The first-order valence-corrected chi connectivity index (χ1v) is 9.30. The number of aromatic nitrogens is 5. The minimum Gasteiger partial charge on any atom is -0.354 e. The van der Waals surface area contributed by atoms with E-state index in [1.54, 1.807) is 12.4 Å². The predicted molar refractivity (Wildman–Crippen MR) is 110 cm³/mol. The Morgan fingerprint density at radius 1 is 0.964 bits per heavy atom. The highest BCUT2D eigenvalue weighted by Crippen LogP contribution is 2.23. The minimum absolute atomic E-state index is 0.548. The maximum Gasteiger partial charge on any atom is 0.227 e. The number of piperazine rings is 1. The van der Waals surface area contributed by atoms with Gasteiger partial charge in [-0.2, -0.15) is 5.10 Å². The standard InChI is InChI=1S/C20H20N8/c1-4-19(28-9-7-21-8-10-28)23-12-14(1)17-5-6-22-20(26-17)25-16-2-3-18-15(11-16)13-24-27-18/h1-6,11-13,21H,7-10H2,(H,24,27)(H,22,25,26). The third-order valence-corrected chi connectivity index (χ3v) is 4.84. The number of nitrogens with one attached hydrogen (secondary N) is 3. The molecule has 0 amide bonds. The maximum atomic E-state index is 4.64. The van der Waals surface area contributed by atoms with Gasteiger partial charge in [-0.3, -0.25) is 5.10 Å². The van der Waals surface area contributed by atoms with Gasteiger partial charge in [0.2, 0.25) is 5.95 Å². The van der Waals surface area contributed by atoms with Crippen molar-refractivity contribution in [2.24, 2.45) is 0 Å². The lowest BCUT2D eigenvalue weighted by molar-refractivity contribution is 0.585. The van der Waals surface area contributed by atoms with Gasteiger partial charge in [-0.05, 0) is 36.4 Å². The Hall–Kier alpha value is -3.52. The van der Waals surface area contributed by atoms with Gasteiger partial charge in [0.15, 0.2) is 0 Å². The van der Waals surface area contributed by atoms with Crippen molar-refractivity contribution in [3.8, 4) is 11.3 Å². The first kappa shape index (κ1) is 16.6. The SMILES string of the molecule is c1cc(-c2ccc(N3CCNCC3)nc2)nc(Nc2ccc3[nH]ncc3c2)n1. The van der Waals surface area contributed by atoms with Crippen molar-refractivity contribution >= 4 is 28.4 Å². The number of anilines is 3. The minimum atomic E-state index is 0.548. The van der Waals surface area contributed by atoms with Crippen LogP contribution in [0.4, 0.5) is 17.5 Å². The molecular weight excluding hydrogens is 352 g/mol. The average Bonchev–Trinajstić information content (AvgIpc) is 3.23. The monoisotopic (exact) mass is 372 g/mol. The summed E-state index contributed by atoms with van der Waals surface area (Å²) in [5.41, 5.74) is 3.71. The number of hydrogen-bond donors (Lipinski definition) is 3. The zero-order valence-electron chi connectivity index (χ0n) is 15.3. The summed E-state index contributed by atoms with van der Waals surface area (Å²) < 4.78 is 0. The van der Waals surface area contributed by atoms with Crippen LogP contribution in [-0.2, 0) is 0 Å². The van der Waals surface area contributed by atoms with Crippen LogP contribution < -0.4 is 15.5 Å². The van der Waals surface area contributed by atoms with E-state index in [1.165, 1.54) is 0 Å². The lowest BCUT2D eigenvalue weighted by atomic mass is 10.2. The van der Waals surface area contributed by atoms with Crippen LogP contribution >= 0.6 is 0 Å². The Bertz CT molecular complexity index is 1080. The molecule has 0 aliphatic carbocycles. The van der Waals surface area contributed by atoms with Gasteiger partial charge in [0, 0.05) is 55.2 Å². The largest absolute Gasteiger partial charge is 0.354 e. The molecule has 0 atom stereocenters. The molecule has 1 aliphatic heterocycles. The first-order chi connectivity index (χ1) is 13.8. The molecule has 8 nitrogen and oxygen atoms in total. The molecule has 1 aliphatic rings. The summed E-state index contributed by atoms with van der Waals surface area (Å²) in [6, 6.07) is 12.0. The Balaban J connectivity index is 1.36. The summed E-state index contributed by atoms with van der Waals surface area (Å²) in [5.74, 6) is 1.55. The third kappa shape index (κ3) is 3.37. The summed E-state index contributed by atoms with van der Waals surface area (Å²) in [4.78, 5) is 15.9. The van der Waals surface area contributed by atoms with Crippen LogP contribution in [0.5, 0.6) is 0 Å². The Kier molecular flexibility index (Phi) is 4.30. The summed E-state index contributed by atoms with van der Waals surface area (Å²) in [7, 11) is 0. The lowest BCUT2D eigenvalue weighted by Crippen LogP contribution is -2.43. The van der Waals surface area contributed by atoms with Crippen LogP contribution in [0.3, 0.4) is 0 Å². The van der Waals surface area contributed by atoms with Gasteiger partial charge < -0.3 is 15.5 Å². The second kappa shape index (κ2) is 7.24. The number of fused-ring (bicyclic) bond motifs is 1. The van der Waals surface area contributed by atoms with Crippen molar-refractivity contribution < 1.29 is 0 Å². The molecule has 140 valence electrons. The highest BCUT2D eigenvalue weighted by molar-refractivity contribution is 5.82. The van der Waals surface area contributed by atoms with E-state index >= 15 is 0 Å². The quantitative estimate of drug-likeness (QED) is 0.507. The second-order valence-electron chi connectivity index (χ2n) is 6.70. The van der Waals surface area contributed by atoms with E-state index in [1.807, 2.05) is 30.5 Å². The van der Waals surface area contributed by atoms with Crippen molar-refractivity contribution in [3.05, 3.63) is 55.0 Å². The molecule has 0 unspecified atom stereocenters. The fourth-order valence-electron chi connectivity index (χ4n) is 3.35. The summed E-state index contributed by atoms with van der Waals surface area (Å²) >= 11 is 0. The van der Waals surface area contributed by atoms with Crippen LogP contribution in [0.1, 0.15) is 0 Å². The Labute approximate surface area is 162 Å². The van der Waals surface area contributed by atoms with Crippen molar-refractivity contribution in [3.63, 3.8) is 0 Å². The number of rotatable bonds is 4. The van der Waals surface area contributed by atoms with E-state index in [0.29, 0.717) is 5.95 Å². The molecule has 4 aromatic rings. The van der Waals surface area contributed by atoms with E-state index in [9.17, 15) is 0 Å². The average molecular weight is 372 g/mol. The van der Waals surface area contributed by atoms with Gasteiger partial charge in [0.1, 0.15) is 5.82 Å². The van der Waals surface area contributed by atoms with E-state index < -0.39 is 0 Å². The molecule has 0 bridgehead atoms. The molecule has 1 aromatic carbocycles. The van der Waals surface area contributed by atoms with Gasteiger partial charge in [0.05, 0.1) is 17.4 Å². The van der Waals surface area contributed by atoms with Crippen LogP contribution in [0.2, 0.25) is 0 Å². The highest BCUT2D eigenvalue weighted by atomic mass is 15.2. The van der Waals surface area contributed by atoms with Crippen molar-refractivity contribution in [1.29, 1.82) is 0 Å². The number of aromatic amines is 1. The number of benzene rings is 1. The van der Waals surface area contributed by atoms with E-state index in [-0.39, 0.29) is 0 Å². The van der Waals surface area contributed by atoms with E-state index in [0.717, 1.165) is 59.8 Å². The summed E-state index contributed by atoms with van der Waals surface area (Å²) in [6.45, 7) is 3.95. The maximum absolute atomic E-state index is 4.64. The third-order valence-electron chi connectivity index (χ3n) is 4.84. The van der Waals surface area contributed by atoms with Gasteiger partial charge >= 0.3 is 0 Å². The van der Waals surface area contributed by atoms with Gasteiger partial charge in [-0.25, -0.2) is 15.0 Å². The normalized spacial score (nSPS) is 14.4. The van der Waals surface area contributed by atoms with E-state index in [2.05, 4.69) is 52.8 Å². The highest BCUT2D eigenvalue weighted by Gasteiger charge is 2.12. The van der Waals surface area contributed by atoms with E-state index in [4.69, 9.17) is 0 Å². The summed E-state index contributed by atoms with van der Waals surface area (Å²) in [6.07, 6.45) is 5.43. The van der Waals surface area contributed by atoms with Crippen LogP contribution in [0, 0.1) is 0 Å². The lowest BCUT2D eigenvalue weighted by Gasteiger charge is -2.28. The molecule has 4 heterocycles. The second-order valence-corrected chi connectivity index (χ2v) is 6.70. The van der Waals surface area contributed by atoms with Crippen molar-refractivity contribution in [2.75, 3.05) is 36.4 Å². The molecule has 28 heavy (non-hydrogen) atoms. The van der Waals surface area contributed by atoms with Gasteiger partial charge in [0.25, 0.3) is 0 Å². The first-order valence-electron chi connectivity index (χ1n) is 9.30. The molecular formula is C20H20N8. The number of hydrogen-bond acceptors (Lipinski definition) is 7. The zero-order valence-corrected chi connectivity index (χ0v) is 15.3. The number of H-pyrrole nitrogens is 1. The molecule has 0 saturated carbocycles. The molecule has 3 N–H and O–H groups in total. The van der Waals surface area contributed by atoms with Crippen LogP contribution in [0.15, 0.2) is 55.0 Å². The fourth-order valence-corrected chi connectivity index (χ4v) is 3.35. The zero-order chi connectivity index (χ0) is 18.8. The van der Waals surface area contributed by atoms with Crippen LogP contribution in [-0.4, -0.2) is 51.3 Å². The Morgan fingerprint density at radius 3 is 2.75 bits per heavy atom. The fraction of sp³-hybridized carbons (Fsp3) is 0.200. The molecule has 1 saturated heterocycles. The molecule has 0 spiro atoms. The molecule has 3 aromatic heterocycles. The smallest absolute Gasteiger partial charge is 0.227 e. The molecule has 0 radical (unpaired) electrons. The van der Waals surface area contributed by atoms with Crippen LogP contribution in [0.25, 0.3) is 22.2 Å². The van der Waals surface area contributed by atoms with Crippen molar-refractivity contribution in [1.82, 2.24) is 30.5 Å². The van der Waals surface area contributed by atoms with Gasteiger partial charge in [-0.1, -0.05) is 0 Å². The predicted octanol–water partition coefficient (Wildman–Crippen LogP) is 2.57. The summed E-state index contributed by atoms with van der Waals surface area (Å²) in [5, 5.41) is 14.6. The Morgan fingerprint density at radius 2 is 1.89 bits per heavy atom.